The van der Waals surface area contributed by atoms with E-state index in [0.29, 0.717) is 5.82 Å². The Labute approximate surface area is 169 Å². The third-order valence-corrected chi connectivity index (χ3v) is 4.87. The number of fused-ring (bicyclic) bond motifs is 1. The lowest BCUT2D eigenvalue weighted by atomic mass is 10.2. The molecular formula is C24H22FN3O. The van der Waals surface area contributed by atoms with E-state index in [4.69, 9.17) is 4.98 Å². The molecule has 0 bridgehead atoms. The number of carbonyl (C=O) groups excluding carboxylic acids is 1. The van der Waals surface area contributed by atoms with Gasteiger partial charge < -0.3 is 9.47 Å². The van der Waals surface area contributed by atoms with Gasteiger partial charge in [-0.2, -0.15) is 0 Å². The van der Waals surface area contributed by atoms with E-state index < -0.39 is 0 Å². The highest BCUT2D eigenvalue weighted by atomic mass is 19.1. The molecule has 5 heteroatoms. The number of rotatable bonds is 5. The highest BCUT2D eigenvalue weighted by Gasteiger charge is 2.22. The van der Waals surface area contributed by atoms with E-state index in [2.05, 4.69) is 0 Å². The first-order valence-electron chi connectivity index (χ1n) is 9.63. The van der Waals surface area contributed by atoms with E-state index in [1.807, 2.05) is 73.0 Å². The number of anilines is 1. The summed E-state index contributed by atoms with van der Waals surface area (Å²) >= 11 is 0. The Morgan fingerprint density at radius 3 is 2.31 bits per heavy atom. The molecule has 4 aromatic rings. The molecule has 0 aliphatic rings. The van der Waals surface area contributed by atoms with Gasteiger partial charge in [-0.25, -0.2) is 9.37 Å². The molecule has 0 radical (unpaired) electrons. The normalized spacial score (nSPS) is 11.2. The summed E-state index contributed by atoms with van der Waals surface area (Å²) < 4.78 is 15.3. The fourth-order valence-electron chi connectivity index (χ4n) is 3.59. The fourth-order valence-corrected chi connectivity index (χ4v) is 3.59. The van der Waals surface area contributed by atoms with Crippen LogP contribution in [0.5, 0.6) is 0 Å². The van der Waals surface area contributed by atoms with E-state index >= 15 is 0 Å². The average Bonchev–Trinajstić information content (AvgIpc) is 3.08. The maximum atomic E-state index is 13.4. The van der Waals surface area contributed by atoms with Gasteiger partial charge in [0.15, 0.2) is 0 Å². The number of halogens is 1. The Morgan fingerprint density at radius 2 is 1.62 bits per heavy atom. The highest BCUT2D eigenvalue weighted by Crippen LogP contribution is 2.26. The summed E-state index contributed by atoms with van der Waals surface area (Å²) in [5.41, 5.74) is 3.30. The van der Waals surface area contributed by atoms with Crippen molar-refractivity contribution in [3.8, 4) is 11.4 Å². The van der Waals surface area contributed by atoms with Crippen molar-refractivity contribution >= 4 is 22.6 Å². The van der Waals surface area contributed by atoms with Crippen molar-refractivity contribution in [2.45, 2.75) is 26.4 Å². The molecule has 4 rings (SSSR count). The molecule has 1 aromatic heterocycles. The van der Waals surface area contributed by atoms with Gasteiger partial charge >= 0.3 is 0 Å². The van der Waals surface area contributed by atoms with Crippen molar-refractivity contribution in [1.29, 1.82) is 0 Å². The van der Waals surface area contributed by atoms with Crippen molar-refractivity contribution in [1.82, 2.24) is 9.55 Å². The van der Waals surface area contributed by atoms with Gasteiger partial charge in [0, 0.05) is 17.3 Å². The molecule has 3 aromatic carbocycles. The Morgan fingerprint density at radius 1 is 0.966 bits per heavy atom. The molecule has 0 atom stereocenters. The van der Waals surface area contributed by atoms with Crippen LogP contribution in [-0.2, 0) is 11.3 Å². The third-order valence-electron chi connectivity index (χ3n) is 4.87. The fraction of sp³-hybridized carbons (Fsp3) is 0.167. The zero-order valence-corrected chi connectivity index (χ0v) is 16.4. The van der Waals surface area contributed by atoms with E-state index in [-0.39, 0.29) is 24.3 Å². The van der Waals surface area contributed by atoms with Crippen LogP contribution in [0.2, 0.25) is 0 Å². The maximum Gasteiger partial charge on any atom is 0.247 e. The minimum absolute atomic E-state index is 0.00829. The van der Waals surface area contributed by atoms with Gasteiger partial charge in [0.25, 0.3) is 0 Å². The number of imidazole rings is 1. The zero-order valence-electron chi connectivity index (χ0n) is 16.4. The number of amides is 1. The van der Waals surface area contributed by atoms with Crippen LogP contribution in [0.4, 0.5) is 10.1 Å². The minimum atomic E-state index is -0.303. The van der Waals surface area contributed by atoms with Crippen LogP contribution in [-0.4, -0.2) is 21.5 Å². The Bertz CT molecular complexity index is 1130. The van der Waals surface area contributed by atoms with Gasteiger partial charge in [-0.15, -0.1) is 0 Å². The minimum Gasteiger partial charge on any atom is -0.314 e. The topological polar surface area (TPSA) is 38.1 Å². The number of aromatic nitrogens is 2. The molecule has 0 N–H and O–H groups in total. The molecule has 4 nitrogen and oxygen atoms in total. The number of hydrogen-bond donors (Lipinski definition) is 0. The van der Waals surface area contributed by atoms with Gasteiger partial charge in [-0.05, 0) is 62.4 Å². The summed E-state index contributed by atoms with van der Waals surface area (Å²) in [5, 5.41) is 0. The van der Waals surface area contributed by atoms with Crippen LogP contribution < -0.4 is 4.90 Å². The number of benzene rings is 3. The van der Waals surface area contributed by atoms with Gasteiger partial charge in [0.1, 0.15) is 18.2 Å². The molecule has 0 unspecified atom stereocenters. The molecule has 0 aliphatic heterocycles. The average molecular weight is 387 g/mol. The Balaban J connectivity index is 1.77. The molecule has 146 valence electrons. The van der Waals surface area contributed by atoms with Crippen LogP contribution in [0.25, 0.3) is 22.4 Å². The Kier molecular flexibility index (Phi) is 5.12. The van der Waals surface area contributed by atoms with Crippen LogP contribution in [0.15, 0.2) is 78.9 Å². The lowest BCUT2D eigenvalue weighted by molar-refractivity contribution is -0.119. The third kappa shape index (κ3) is 3.76. The first-order chi connectivity index (χ1) is 14.0. The summed E-state index contributed by atoms with van der Waals surface area (Å²) in [6.07, 6.45) is 0. The van der Waals surface area contributed by atoms with Crippen molar-refractivity contribution in [2.75, 3.05) is 4.90 Å². The Hall–Kier alpha value is -3.47. The lowest BCUT2D eigenvalue weighted by Gasteiger charge is -2.27. The number of carbonyl (C=O) groups is 1. The van der Waals surface area contributed by atoms with Gasteiger partial charge in [0.2, 0.25) is 5.91 Å². The predicted molar refractivity (Wildman–Crippen MR) is 114 cm³/mol. The summed E-state index contributed by atoms with van der Waals surface area (Å²) in [4.78, 5) is 19.9. The molecule has 29 heavy (non-hydrogen) atoms. The molecule has 0 fully saturated rings. The second kappa shape index (κ2) is 7.87. The maximum absolute atomic E-state index is 13.4. The standard InChI is InChI=1S/C24H22FN3O/c1-17(2)28(20-8-4-3-5-9-20)23(29)16-27-22-11-7-6-10-21(22)26-24(27)18-12-14-19(25)15-13-18/h3-15,17H,16H2,1-2H3. The van der Waals surface area contributed by atoms with Crippen LogP contribution >= 0.6 is 0 Å². The van der Waals surface area contributed by atoms with Crippen LogP contribution in [0.1, 0.15) is 13.8 Å². The van der Waals surface area contributed by atoms with Gasteiger partial charge in [0.05, 0.1) is 11.0 Å². The van der Waals surface area contributed by atoms with E-state index in [1.54, 1.807) is 17.0 Å². The molecule has 0 aliphatic carbocycles. The van der Waals surface area contributed by atoms with E-state index in [1.165, 1.54) is 12.1 Å². The lowest BCUT2D eigenvalue weighted by Crippen LogP contribution is -2.39. The van der Waals surface area contributed by atoms with E-state index in [0.717, 1.165) is 22.3 Å². The van der Waals surface area contributed by atoms with Crippen molar-refractivity contribution in [3.05, 3.63) is 84.7 Å². The highest BCUT2D eigenvalue weighted by molar-refractivity contribution is 5.95. The molecule has 0 saturated heterocycles. The van der Waals surface area contributed by atoms with Crippen molar-refractivity contribution in [2.24, 2.45) is 0 Å². The largest absolute Gasteiger partial charge is 0.314 e. The van der Waals surface area contributed by atoms with Gasteiger partial charge in [-0.1, -0.05) is 30.3 Å². The summed E-state index contributed by atoms with van der Waals surface area (Å²) in [7, 11) is 0. The molecule has 0 saturated carbocycles. The summed E-state index contributed by atoms with van der Waals surface area (Å²) in [5.74, 6) is 0.316. The monoisotopic (exact) mass is 387 g/mol. The van der Waals surface area contributed by atoms with Gasteiger partial charge in [-0.3, -0.25) is 4.79 Å². The second-order valence-corrected chi connectivity index (χ2v) is 7.21. The first kappa shape index (κ1) is 18.9. The smallest absolute Gasteiger partial charge is 0.247 e. The molecule has 1 amide bonds. The van der Waals surface area contributed by atoms with Crippen molar-refractivity contribution in [3.63, 3.8) is 0 Å². The number of hydrogen-bond acceptors (Lipinski definition) is 2. The van der Waals surface area contributed by atoms with Crippen LogP contribution in [0.3, 0.4) is 0 Å². The zero-order chi connectivity index (χ0) is 20.4. The molecular weight excluding hydrogens is 365 g/mol. The SMILES string of the molecule is CC(C)N(C(=O)Cn1c(-c2ccc(F)cc2)nc2ccccc21)c1ccccc1. The second-order valence-electron chi connectivity index (χ2n) is 7.21. The predicted octanol–water partition coefficient (Wildman–Crippen LogP) is 5.28. The van der Waals surface area contributed by atoms with Crippen molar-refractivity contribution < 1.29 is 9.18 Å². The first-order valence-corrected chi connectivity index (χ1v) is 9.63. The number of nitrogens with zero attached hydrogens (tertiary/aromatic N) is 3. The molecule has 1 heterocycles. The molecule has 0 spiro atoms. The summed E-state index contributed by atoms with van der Waals surface area (Å²) in [6, 6.07) is 23.6. The quantitative estimate of drug-likeness (QED) is 0.467. The summed E-state index contributed by atoms with van der Waals surface area (Å²) in [6.45, 7) is 4.13. The van der Waals surface area contributed by atoms with Crippen LogP contribution in [0, 0.1) is 5.82 Å². The van der Waals surface area contributed by atoms with E-state index in [9.17, 15) is 9.18 Å². The number of para-hydroxylation sites is 3.